The Morgan fingerprint density at radius 3 is 2.67 bits per heavy atom. The largest absolute Gasteiger partial charge is 0.293 e. The van der Waals surface area contributed by atoms with E-state index in [-0.39, 0.29) is 5.91 Å². The highest BCUT2D eigenvalue weighted by molar-refractivity contribution is 6.05. The lowest BCUT2D eigenvalue weighted by Gasteiger charge is -2.21. The van der Waals surface area contributed by atoms with Crippen LogP contribution in [-0.2, 0) is 0 Å². The van der Waals surface area contributed by atoms with Gasteiger partial charge in [0.15, 0.2) is 0 Å². The fourth-order valence-corrected chi connectivity index (χ4v) is 1.79. The number of carbonyl (C=O) groups is 1. The van der Waals surface area contributed by atoms with Crippen molar-refractivity contribution in [3.8, 4) is 0 Å². The van der Waals surface area contributed by atoms with Gasteiger partial charge < -0.3 is 0 Å². The lowest BCUT2D eigenvalue weighted by molar-refractivity contribution is 0.0987. The molecule has 0 fully saturated rings. The second-order valence-electron chi connectivity index (χ2n) is 3.94. The Kier molecular flexibility index (Phi) is 3.67. The highest BCUT2D eigenvalue weighted by Gasteiger charge is 2.18. The lowest BCUT2D eigenvalue weighted by Crippen LogP contribution is -2.32. The molecule has 2 aromatic heterocycles. The Bertz CT molecular complexity index is 540. The summed E-state index contributed by atoms with van der Waals surface area (Å²) in [4.78, 5) is 22.3. The van der Waals surface area contributed by atoms with E-state index in [1.165, 1.54) is 0 Å². The molecule has 2 aromatic rings. The minimum absolute atomic E-state index is 0.0765. The van der Waals surface area contributed by atoms with Crippen molar-refractivity contribution in [3.63, 3.8) is 0 Å². The third-order valence-electron chi connectivity index (χ3n) is 2.71. The number of hydrogen-bond donors (Lipinski definition) is 0. The van der Waals surface area contributed by atoms with Gasteiger partial charge in [0.2, 0.25) is 0 Å². The van der Waals surface area contributed by atoms with Crippen molar-refractivity contribution in [3.05, 3.63) is 54.0 Å². The van der Waals surface area contributed by atoms with Gasteiger partial charge in [-0.25, -0.2) is 4.98 Å². The molecule has 1 amide bonds. The number of nitrogens with zero attached hydrogens (tertiary/aromatic N) is 3. The average Bonchev–Trinajstić information content (AvgIpc) is 2.42. The zero-order chi connectivity index (χ0) is 13.0. The molecular formula is C14H15N3O. The quantitative estimate of drug-likeness (QED) is 0.829. The van der Waals surface area contributed by atoms with Crippen LogP contribution in [0.5, 0.6) is 0 Å². The summed E-state index contributed by atoms with van der Waals surface area (Å²) < 4.78 is 0. The first kappa shape index (κ1) is 12.2. The van der Waals surface area contributed by atoms with Gasteiger partial charge in [-0.2, -0.15) is 0 Å². The average molecular weight is 241 g/mol. The molecule has 0 aliphatic carbocycles. The third-order valence-corrected chi connectivity index (χ3v) is 2.71. The third kappa shape index (κ3) is 2.37. The van der Waals surface area contributed by atoms with Gasteiger partial charge in [0, 0.05) is 25.1 Å². The Labute approximate surface area is 106 Å². The second kappa shape index (κ2) is 5.40. The molecule has 0 spiro atoms. The van der Waals surface area contributed by atoms with Gasteiger partial charge in [-0.15, -0.1) is 0 Å². The van der Waals surface area contributed by atoms with Crippen molar-refractivity contribution in [1.29, 1.82) is 0 Å². The van der Waals surface area contributed by atoms with Crippen LogP contribution in [-0.4, -0.2) is 22.4 Å². The summed E-state index contributed by atoms with van der Waals surface area (Å²) in [5.41, 5.74) is 1.56. The molecule has 4 heteroatoms. The van der Waals surface area contributed by atoms with Gasteiger partial charge in [-0.3, -0.25) is 14.7 Å². The molecule has 2 heterocycles. The van der Waals surface area contributed by atoms with Crippen molar-refractivity contribution in [2.45, 2.75) is 13.8 Å². The molecule has 0 bridgehead atoms. The first-order chi connectivity index (χ1) is 8.74. The summed E-state index contributed by atoms with van der Waals surface area (Å²) in [7, 11) is 0. The van der Waals surface area contributed by atoms with Crippen LogP contribution in [0, 0.1) is 6.92 Å². The number of aromatic nitrogens is 2. The number of carbonyl (C=O) groups excluding carboxylic acids is 1. The normalized spacial score (nSPS) is 10.1. The number of anilines is 1. The number of amides is 1. The Balaban J connectivity index is 2.36. The van der Waals surface area contributed by atoms with Crippen molar-refractivity contribution in [1.82, 2.24) is 9.97 Å². The highest BCUT2D eigenvalue weighted by Crippen LogP contribution is 2.18. The first-order valence-corrected chi connectivity index (χ1v) is 5.87. The van der Waals surface area contributed by atoms with E-state index in [0.717, 1.165) is 5.56 Å². The fourth-order valence-electron chi connectivity index (χ4n) is 1.79. The molecule has 0 aliphatic rings. The van der Waals surface area contributed by atoms with Crippen molar-refractivity contribution >= 4 is 11.7 Å². The van der Waals surface area contributed by atoms with E-state index >= 15 is 0 Å². The standard InChI is InChI=1S/C14H15N3O/c1-3-17(13-11(2)6-4-9-16-13)14(18)12-7-5-8-15-10-12/h4-10H,3H2,1-2H3. The minimum Gasteiger partial charge on any atom is -0.293 e. The molecule has 92 valence electrons. The summed E-state index contributed by atoms with van der Waals surface area (Å²) >= 11 is 0. The van der Waals surface area contributed by atoms with Gasteiger partial charge in [-0.1, -0.05) is 6.07 Å². The van der Waals surface area contributed by atoms with E-state index in [4.69, 9.17) is 0 Å². The highest BCUT2D eigenvalue weighted by atomic mass is 16.2. The summed E-state index contributed by atoms with van der Waals surface area (Å²) in [6.07, 6.45) is 4.92. The molecular weight excluding hydrogens is 226 g/mol. The van der Waals surface area contributed by atoms with Crippen LogP contribution in [0.1, 0.15) is 22.8 Å². The van der Waals surface area contributed by atoms with Crippen molar-refractivity contribution < 1.29 is 4.79 Å². The predicted molar refractivity (Wildman–Crippen MR) is 70.6 cm³/mol. The van der Waals surface area contributed by atoms with E-state index in [1.807, 2.05) is 26.0 Å². The molecule has 0 atom stereocenters. The number of rotatable bonds is 3. The molecule has 4 nitrogen and oxygen atoms in total. The van der Waals surface area contributed by atoms with Crippen molar-refractivity contribution in [2.75, 3.05) is 11.4 Å². The van der Waals surface area contributed by atoms with Crippen LogP contribution >= 0.6 is 0 Å². The smallest absolute Gasteiger partial charge is 0.260 e. The van der Waals surface area contributed by atoms with Gasteiger partial charge >= 0.3 is 0 Å². The second-order valence-corrected chi connectivity index (χ2v) is 3.94. The van der Waals surface area contributed by atoms with E-state index in [1.54, 1.807) is 35.6 Å². The molecule has 0 saturated heterocycles. The molecule has 0 saturated carbocycles. The molecule has 0 aromatic carbocycles. The van der Waals surface area contributed by atoms with E-state index < -0.39 is 0 Å². The lowest BCUT2D eigenvalue weighted by atomic mass is 10.2. The van der Waals surface area contributed by atoms with Crippen LogP contribution in [0.15, 0.2) is 42.9 Å². The maximum absolute atomic E-state index is 12.4. The zero-order valence-electron chi connectivity index (χ0n) is 10.5. The van der Waals surface area contributed by atoms with E-state index in [0.29, 0.717) is 17.9 Å². The SMILES string of the molecule is CCN(C(=O)c1cccnc1)c1ncccc1C. The van der Waals surface area contributed by atoms with Gasteiger partial charge in [-0.05, 0) is 37.6 Å². The number of hydrogen-bond acceptors (Lipinski definition) is 3. The summed E-state index contributed by atoms with van der Waals surface area (Å²) in [6.45, 7) is 4.45. The van der Waals surface area contributed by atoms with Crippen LogP contribution in [0.3, 0.4) is 0 Å². The summed E-state index contributed by atoms with van der Waals surface area (Å²) in [5, 5.41) is 0. The van der Waals surface area contributed by atoms with E-state index in [9.17, 15) is 4.79 Å². The summed E-state index contributed by atoms with van der Waals surface area (Å²) in [6, 6.07) is 7.32. The van der Waals surface area contributed by atoms with Crippen molar-refractivity contribution in [2.24, 2.45) is 0 Å². The Morgan fingerprint density at radius 1 is 1.28 bits per heavy atom. The monoisotopic (exact) mass is 241 g/mol. The van der Waals surface area contributed by atoms with Gasteiger partial charge in [0.25, 0.3) is 5.91 Å². The van der Waals surface area contributed by atoms with Crippen LogP contribution in [0.4, 0.5) is 5.82 Å². The molecule has 0 unspecified atom stereocenters. The van der Waals surface area contributed by atoms with Crippen LogP contribution in [0.25, 0.3) is 0 Å². The molecule has 0 N–H and O–H groups in total. The van der Waals surface area contributed by atoms with Crippen LogP contribution < -0.4 is 4.90 Å². The van der Waals surface area contributed by atoms with Crippen LogP contribution in [0.2, 0.25) is 0 Å². The minimum atomic E-state index is -0.0765. The number of pyridine rings is 2. The Morgan fingerprint density at radius 2 is 2.06 bits per heavy atom. The predicted octanol–water partition coefficient (Wildman–Crippen LogP) is 2.45. The first-order valence-electron chi connectivity index (χ1n) is 5.87. The van der Waals surface area contributed by atoms with Gasteiger partial charge in [0.05, 0.1) is 5.56 Å². The molecule has 0 aliphatic heterocycles. The molecule has 0 radical (unpaired) electrons. The summed E-state index contributed by atoms with van der Waals surface area (Å²) in [5.74, 6) is 0.626. The van der Waals surface area contributed by atoms with E-state index in [2.05, 4.69) is 9.97 Å². The molecule has 2 rings (SSSR count). The number of aryl methyl sites for hydroxylation is 1. The topological polar surface area (TPSA) is 46.1 Å². The maximum atomic E-state index is 12.4. The van der Waals surface area contributed by atoms with Gasteiger partial charge in [0.1, 0.15) is 5.82 Å². The fraction of sp³-hybridized carbons (Fsp3) is 0.214. The molecule has 18 heavy (non-hydrogen) atoms. The zero-order valence-corrected chi connectivity index (χ0v) is 10.5. The maximum Gasteiger partial charge on any atom is 0.260 e. The Hall–Kier alpha value is -2.23.